The average Bonchev–Trinajstić information content (AvgIpc) is 3.43. The molecule has 36 heavy (non-hydrogen) atoms. The second-order valence-corrected chi connectivity index (χ2v) is 9.56. The van der Waals surface area contributed by atoms with Crippen LogP contribution in [0.1, 0.15) is 19.0 Å². The second-order valence-electron chi connectivity index (χ2n) is 7.57. The van der Waals surface area contributed by atoms with Gasteiger partial charge in [-0.3, -0.25) is 24.1 Å². The first-order chi connectivity index (χ1) is 16.7. The number of carboxylic acids is 1. The smallest absolute Gasteiger partial charge is 0.543 e. The van der Waals surface area contributed by atoms with Gasteiger partial charge in [0.25, 0.3) is 17.7 Å². The number of aliphatic carboxylic acids is 1. The van der Waals surface area contributed by atoms with E-state index in [0.29, 0.717) is 13.0 Å². The molecule has 17 heteroatoms. The SMILES string of the molecule is CC(=O)OCC1=C(C(=O)[O-])N2C(=O)[C@H](NC(=O)/C(=N\O[C@H]3CCNC3=O)c3csc(N)n3)[C@H]2SC1.[Na+]. The van der Waals surface area contributed by atoms with Crippen LogP contribution in [0.25, 0.3) is 0 Å². The third kappa shape index (κ3) is 5.67. The van der Waals surface area contributed by atoms with E-state index in [1.54, 1.807) is 0 Å². The number of nitrogens with one attached hydrogen (secondary N) is 2. The zero-order valence-corrected chi connectivity index (χ0v) is 22.8. The number of aromatic nitrogens is 1. The number of nitrogens with zero attached hydrogens (tertiary/aromatic N) is 3. The van der Waals surface area contributed by atoms with Crippen molar-refractivity contribution in [1.82, 2.24) is 20.5 Å². The van der Waals surface area contributed by atoms with Gasteiger partial charge in [-0.25, -0.2) is 4.98 Å². The molecule has 2 fully saturated rings. The van der Waals surface area contributed by atoms with Crippen LogP contribution < -0.4 is 51.0 Å². The quantitative estimate of drug-likeness (QED) is 0.0921. The van der Waals surface area contributed by atoms with Crippen LogP contribution in [-0.4, -0.2) is 81.7 Å². The summed E-state index contributed by atoms with van der Waals surface area (Å²) in [6, 6.07) is -1.08. The molecule has 1 aromatic rings. The van der Waals surface area contributed by atoms with E-state index >= 15 is 0 Å². The molecule has 14 nitrogen and oxygen atoms in total. The second kappa shape index (κ2) is 11.6. The Balaban J connectivity index is 0.00000361. The summed E-state index contributed by atoms with van der Waals surface area (Å²) in [5, 5.41) is 21.5. The Labute approximate surface area is 234 Å². The molecule has 4 heterocycles. The zero-order valence-electron chi connectivity index (χ0n) is 19.1. The first-order valence-electron chi connectivity index (χ1n) is 10.2. The van der Waals surface area contributed by atoms with Crippen molar-refractivity contribution in [2.24, 2.45) is 5.16 Å². The summed E-state index contributed by atoms with van der Waals surface area (Å²) < 4.78 is 4.87. The summed E-state index contributed by atoms with van der Waals surface area (Å²) in [6.45, 7) is 1.28. The maximum Gasteiger partial charge on any atom is 1.00 e. The number of anilines is 1. The number of carbonyl (C=O) groups excluding carboxylic acids is 5. The molecule has 0 aromatic carbocycles. The van der Waals surface area contributed by atoms with Crippen molar-refractivity contribution in [3.05, 3.63) is 22.3 Å². The van der Waals surface area contributed by atoms with E-state index in [0.717, 1.165) is 16.2 Å². The zero-order chi connectivity index (χ0) is 25.3. The minimum Gasteiger partial charge on any atom is -0.543 e. The Hall–Kier alpha value is -2.66. The van der Waals surface area contributed by atoms with Crippen LogP contribution in [0.15, 0.2) is 21.8 Å². The molecule has 186 valence electrons. The van der Waals surface area contributed by atoms with Crippen molar-refractivity contribution >= 4 is 63.6 Å². The Morgan fingerprint density at radius 1 is 1.39 bits per heavy atom. The van der Waals surface area contributed by atoms with E-state index < -0.39 is 41.3 Å². The molecule has 4 N–H and O–H groups in total. The van der Waals surface area contributed by atoms with Crippen LogP contribution in [-0.2, 0) is 33.5 Å². The molecule has 0 aliphatic carbocycles. The predicted molar refractivity (Wildman–Crippen MR) is 119 cm³/mol. The Morgan fingerprint density at radius 3 is 2.72 bits per heavy atom. The molecule has 0 saturated carbocycles. The van der Waals surface area contributed by atoms with Crippen molar-refractivity contribution in [2.45, 2.75) is 30.9 Å². The number of fused-ring (bicyclic) bond motifs is 1. The van der Waals surface area contributed by atoms with Crippen LogP contribution >= 0.6 is 23.1 Å². The molecule has 3 atom stereocenters. The van der Waals surface area contributed by atoms with E-state index in [1.807, 2.05) is 0 Å². The minimum atomic E-state index is -1.60. The van der Waals surface area contributed by atoms with Gasteiger partial charge in [-0.1, -0.05) is 5.16 Å². The number of amides is 3. The third-order valence-corrected chi connectivity index (χ3v) is 7.24. The number of carboxylic acid groups (broad SMARTS) is 1. The number of esters is 1. The molecule has 3 aliphatic rings. The van der Waals surface area contributed by atoms with Crippen molar-refractivity contribution in [3.8, 4) is 0 Å². The van der Waals surface area contributed by atoms with E-state index in [9.17, 15) is 29.1 Å². The normalized spacial score (nSPS) is 23.2. The third-order valence-electron chi connectivity index (χ3n) is 5.23. The molecule has 4 rings (SSSR count). The number of hydrogen-bond donors (Lipinski definition) is 3. The number of oxime groups is 1. The summed E-state index contributed by atoms with van der Waals surface area (Å²) in [4.78, 5) is 70.7. The number of thioether (sulfide) groups is 1. The monoisotopic (exact) mass is 546 g/mol. The van der Waals surface area contributed by atoms with Crippen molar-refractivity contribution in [1.29, 1.82) is 0 Å². The van der Waals surface area contributed by atoms with Gasteiger partial charge in [0, 0.05) is 36.6 Å². The number of thiazole rings is 1. The maximum absolute atomic E-state index is 13.0. The summed E-state index contributed by atoms with van der Waals surface area (Å²) in [5.74, 6) is -3.95. The Morgan fingerprint density at radius 2 is 2.14 bits per heavy atom. The standard InChI is InChI=1S/C19H20N6O8S2.Na/c1-7(26)32-4-8-5-34-17-12(16(29)25(17)13(8)18(30)31)23-15(28)11(9-6-35-19(20)22-9)24-33-10-2-3-21-14(10)27;/h6,10,12,17H,2-5H2,1H3,(H2,20,22)(H,21,27)(H,23,28)(H,30,31);/q;+1/p-1/b24-11-;/t10-,12-,17+;/m0./s1. The fourth-order valence-corrected chi connectivity index (χ4v) is 5.45. The molecule has 3 aliphatic heterocycles. The maximum atomic E-state index is 13.0. The van der Waals surface area contributed by atoms with Crippen LogP contribution in [0, 0.1) is 0 Å². The van der Waals surface area contributed by atoms with E-state index in [4.69, 9.17) is 15.3 Å². The number of nitrogens with two attached hydrogens (primary N) is 1. The molecular formula is C19H19N6NaO8S2. The van der Waals surface area contributed by atoms with Crippen LogP contribution in [0.2, 0.25) is 0 Å². The summed E-state index contributed by atoms with van der Waals surface area (Å²) >= 11 is 2.24. The minimum absolute atomic E-state index is 0. The van der Waals surface area contributed by atoms with Gasteiger partial charge in [0.1, 0.15) is 23.7 Å². The van der Waals surface area contributed by atoms with Gasteiger partial charge < -0.3 is 35.8 Å². The molecule has 0 bridgehead atoms. The molecule has 0 spiro atoms. The Kier molecular flexibility index (Phi) is 8.99. The number of hydrogen-bond acceptors (Lipinski definition) is 13. The number of nitrogen functional groups attached to an aromatic ring is 1. The number of carbonyl (C=O) groups is 5. The van der Waals surface area contributed by atoms with Gasteiger partial charge in [-0.2, -0.15) is 0 Å². The summed E-state index contributed by atoms with van der Waals surface area (Å²) in [7, 11) is 0. The van der Waals surface area contributed by atoms with Crippen LogP contribution in [0.4, 0.5) is 5.13 Å². The van der Waals surface area contributed by atoms with Crippen LogP contribution in [0.5, 0.6) is 0 Å². The molecular weight excluding hydrogens is 527 g/mol. The molecule has 1 aromatic heterocycles. The van der Waals surface area contributed by atoms with Crippen LogP contribution in [0.3, 0.4) is 0 Å². The van der Waals surface area contributed by atoms with Crippen molar-refractivity contribution < 1.29 is 68.2 Å². The van der Waals surface area contributed by atoms with Gasteiger partial charge in [0.2, 0.25) is 6.10 Å². The molecule has 0 unspecified atom stereocenters. The van der Waals surface area contributed by atoms with E-state index in [2.05, 4.69) is 20.8 Å². The fraction of sp³-hybridized carbons (Fsp3) is 0.421. The number of rotatable bonds is 8. The summed E-state index contributed by atoms with van der Waals surface area (Å²) in [6.07, 6.45) is -0.519. The van der Waals surface area contributed by atoms with Crippen molar-refractivity contribution in [2.75, 3.05) is 24.6 Å². The van der Waals surface area contributed by atoms with E-state index in [1.165, 1.54) is 24.1 Å². The Bertz CT molecular complexity index is 1170. The first kappa shape index (κ1) is 27.9. The van der Waals surface area contributed by atoms with Gasteiger partial charge in [0.05, 0.1) is 11.7 Å². The fourth-order valence-electron chi connectivity index (χ4n) is 3.57. The van der Waals surface area contributed by atoms with Gasteiger partial charge in [-0.05, 0) is 0 Å². The topological polar surface area (TPSA) is 205 Å². The molecule has 2 saturated heterocycles. The molecule has 3 amide bonds. The largest absolute Gasteiger partial charge is 1.00 e. The van der Waals surface area contributed by atoms with Crippen molar-refractivity contribution in [3.63, 3.8) is 0 Å². The predicted octanol–water partition coefficient (Wildman–Crippen LogP) is -5.69. The average molecular weight is 547 g/mol. The van der Waals surface area contributed by atoms with Gasteiger partial charge in [0.15, 0.2) is 10.8 Å². The van der Waals surface area contributed by atoms with E-state index in [-0.39, 0.29) is 75.6 Å². The summed E-state index contributed by atoms with van der Waals surface area (Å²) in [5.41, 5.74) is 5.27. The number of β-lactam (4-membered cyclic amide) rings is 1. The van der Waals surface area contributed by atoms with Gasteiger partial charge in [-0.15, -0.1) is 23.1 Å². The number of ether oxygens (including phenoxy) is 1. The molecule has 0 radical (unpaired) electrons. The first-order valence-corrected chi connectivity index (χ1v) is 12.2. The van der Waals surface area contributed by atoms with Gasteiger partial charge >= 0.3 is 35.5 Å².